The quantitative estimate of drug-likeness (QED) is 0.223. The molecule has 8 heteroatoms. The summed E-state index contributed by atoms with van der Waals surface area (Å²) < 4.78 is 0. The summed E-state index contributed by atoms with van der Waals surface area (Å²) in [6.07, 6.45) is 7.53. The number of hydrogen-bond donors (Lipinski definition) is 0. The molecule has 1 unspecified atom stereocenters. The fourth-order valence-electron chi connectivity index (χ4n) is 2.10. The van der Waals surface area contributed by atoms with Gasteiger partial charge in [0.1, 0.15) is 0 Å². The zero-order chi connectivity index (χ0) is 20.6. The number of azo groups is 1. The summed E-state index contributed by atoms with van der Waals surface area (Å²) in [5.74, 6) is 0.278. The van der Waals surface area contributed by atoms with Crippen molar-refractivity contribution in [2.24, 2.45) is 21.6 Å². The molecular formula is C19H26N4O4. The molecule has 1 atom stereocenters. The van der Waals surface area contributed by atoms with Crippen LogP contribution in [0.3, 0.4) is 0 Å². The van der Waals surface area contributed by atoms with Crippen molar-refractivity contribution in [1.82, 2.24) is 0 Å². The van der Waals surface area contributed by atoms with Gasteiger partial charge in [-0.3, -0.25) is 20.2 Å². The Labute approximate surface area is 159 Å². The van der Waals surface area contributed by atoms with Gasteiger partial charge < -0.3 is 0 Å². The molecule has 146 valence electrons. The van der Waals surface area contributed by atoms with E-state index in [1.165, 1.54) is 17.8 Å². The van der Waals surface area contributed by atoms with Crippen LogP contribution in [0.15, 0.2) is 52.4 Å². The molecule has 0 fully saturated rings. The minimum absolute atomic E-state index is 0.0216. The maximum atomic E-state index is 11.0. The van der Waals surface area contributed by atoms with Crippen molar-refractivity contribution in [3.63, 3.8) is 0 Å². The zero-order valence-electron chi connectivity index (χ0n) is 16.4. The van der Waals surface area contributed by atoms with Gasteiger partial charge in [0.15, 0.2) is 5.69 Å². The Morgan fingerprint density at radius 1 is 1.22 bits per heavy atom. The van der Waals surface area contributed by atoms with Crippen molar-refractivity contribution >= 4 is 17.1 Å². The summed E-state index contributed by atoms with van der Waals surface area (Å²) in [6, 6.07) is 3.26. The first-order valence-corrected chi connectivity index (χ1v) is 8.70. The highest BCUT2D eigenvalue weighted by Crippen LogP contribution is 2.31. The summed E-state index contributed by atoms with van der Waals surface area (Å²) >= 11 is 0. The van der Waals surface area contributed by atoms with Gasteiger partial charge in [-0.1, -0.05) is 45.4 Å². The Balaban J connectivity index is 2.70. The highest BCUT2D eigenvalue weighted by atomic mass is 16.6. The van der Waals surface area contributed by atoms with Crippen molar-refractivity contribution in [3.8, 4) is 0 Å². The lowest BCUT2D eigenvalue weighted by Crippen LogP contribution is -2.06. The molecule has 8 nitrogen and oxygen atoms in total. The second-order valence-electron chi connectivity index (χ2n) is 7.44. The van der Waals surface area contributed by atoms with E-state index >= 15 is 0 Å². The van der Waals surface area contributed by atoms with Crippen LogP contribution in [0.1, 0.15) is 47.5 Å². The standard InChI is InChI=1S/C19H26N4O4/c1-14(7-6-8-15(2)19(3,4)5)11-12-20-21-17-10-9-16(22(24)25)13-18(17)23(26)27/h8-14H,6-7H2,1-5H3. The lowest BCUT2D eigenvalue weighted by atomic mass is 9.86. The zero-order valence-corrected chi connectivity index (χ0v) is 16.4. The molecule has 0 spiro atoms. The average molecular weight is 374 g/mol. The molecule has 0 radical (unpaired) electrons. The monoisotopic (exact) mass is 374 g/mol. The first-order valence-electron chi connectivity index (χ1n) is 8.70. The lowest BCUT2D eigenvalue weighted by Gasteiger charge is -2.19. The molecule has 0 aromatic heterocycles. The Morgan fingerprint density at radius 2 is 1.89 bits per heavy atom. The lowest BCUT2D eigenvalue weighted by molar-refractivity contribution is -0.393. The highest BCUT2D eigenvalue weighted by molar-refractivity contribution is 5.61. The Bertz CT molecular complexity index is 776. The number of non-ortho nitro benzene ring substituents is 1. The number of nitro groups is 2. The van der Waals surface area contributed by atoms with E-state index in [1.807, 2.05) is 6.08 Å². The predicted octanol–water partition coefficient (Wildman–Crippen LogP) is 6.51. The Morgan fingerprint density at radius 3 is 2.44 bits per heavy atom. The third kappa shape index (κ3) is 7.47. The molecule has 0 amide bonds. The summed E-state index contributed by atoms with van der Waals surface area (Å²) in [5.41, 5.74) is 0.698. The summed E-state index contributed by atoms with van der Waals surface area (Å²) in [7, 11) is 0. The molecule has 0 aliphatic heterocycles. The van der Waals surface area contributed by atoms with Crippen LogP contribution in [0, 0.1) is 31.6 Å². The Hall–Kier alpha value is -2.90. The fourth-order valence-corrected chi connectivity index (χ4v) is 2.10. The van der Waals surface area contributed by atoms with Crippen LogP contribution in [-0.4, -0.2) is 9.85 Å². The van der Waals surface area contributed by atoms with E-state index in [4.69, 9.17) is 0 Å². The molecule has 0 saturated heterocycles. The first-order chi connectivity index (χ1) is 12.5. The normalized spacial score (nSPS) is 14.0. The second kappa shape index (κ2) is 9.70. The minimum Gasteiger partial charge on any atom is -0.258 e. The summed E-state index contributed by atoms with van der Waals surface area (Å²) in [4.78, 5) is 20.4. The number of allylic oxidation sites excluding steroid dienone is 3. The smallest absolute Gasteiger partial charge is 0.258 e. The van der Waals surface area contributed by atoms with E-state index in [0.29, 0.717) is 0 Å². The van der Waals surface area contributed by atoms with Crippen molar-refractivity contribution < 1.29 is 9.85 Å². The summed E-state index contributed by atoms with van der Waals surface area (Å²) in [6.45, 7) is 10.7. The third-order valence-corrected chi connectivity index (χ3v) is 4.27. The third-order valence-electron chi connectivity index (χ3n) is 4.27. The van der Waals surface area contributed by atoms with Crippen molar-refractivity contribution in [3.05, 3.63) is 62.4 Å². The van der Waals surface area contributed by atoms with Crippen molar-refractivity contribution in [2.45, 2.75) is 47.5 Å². The predicted molar refractivity (Wildman–Crippen MR) is 105 cm³/mol. The Kier molecular flexibility index (Phi) is 7.96. The van der Waals surface area contributed by atoms with Crippen LogP contribution >= 0.6 is 0 Å². The molecule has 0 saturated carbocycles. The number of nitro benzene ring substituents is 2. The summed E-state index contributed by atoms with van der Waals surface area (Å²) in [5, 5.41) is 29.4. The second-order valence-corrected chi connectivity index (χ2v) is 7.44. The van der Waals surface area contributed by atoms with Gasteiger partial charge in [0.25, 0.3) is 5.69 Å². The molecule has 0 N–H and O–H groups in total. The number of rotatable bonds is 8. The van der Waals surface area contributed by atoms with E-state index in [2.05, 4.69) is 50.9 Å². The fraction of sp³-hybridized carbons (Fsp3) is 0.474. The minimum atomic E-state index is -0.711. The van der Waals surface area contributed by atoms with E-state index in [0.717, 1.165) is 25.0 Å². The van der Waals surface area contributed by atoms with Gasteiger partial charge in [0.2, 0.25) is 0 Å². The molecule has 0 bridgehead atoms. The van der Waals surface area contributed by atoms with Crippen LogP contribution in [0.25, 0.3) is 0 Å². The van der Waals surface area contributed by atoms with Crippen molar-refractivity contribution in [1.29, 1.82) is 0 Å². The molecular weight excluding hydrogens is 348 g/mol. The largest absolute Gasteiger partial charge is 0.303 e. The van der Waals surface area contributed by atoms with Gasteiger partial charge in [-0.25, -0.2) is 0 Å². The maximum absolute atomic E-state index is 11.0. The molecule has 0 aliphatic rings. The van der Waals surface area contributed by atoms with Gasteiger partial charge in [0, 0.05) is 12.3 Å². The molecule has 0 heterocycles. The first kappa shape index (κ1) is 22.1. The van der Waals surface area contributed by atoms with Crippen molar-refractivity contribution in [2.75, 3.05) is 0 Å². The van der Waals surface area contributed by atoms with E-state index in [9.17, 15) is 20.2 Å². The van der Waals surface area contributed by atoms with E-state index in [1.54, 1.807) is 0 Å². The molecule has 27 heavy (non-hydrogen) atoms. The van der Waals surface area contributed by atoms with E-state index in [-0.39, 0.29) is 22.7 Å². The number of benzene rings is 1. The van der Waals surface area contributed by atoms with Crippen LogP contribution in [0.2, 0.25) is 0 Å². The SMILES string of the molecule is CC(=CCCC(C)C=CN=Nc1ccc([N+](=O)[O-])cc1[N+](=O)[O-])C(C)(C)C. The number of nitrogens with zero attached hydrogens (tertiary/aromatic N) is 4. The molecule has 1 aromatic rings. The van der Waals surface area contributed by atoms with Gasteiger partial charge in [-0.2, -0.15) is 5.11 Å². The highest BCUT2D eigenvalue weighted by Gasteiger charge is 2.19. The average Bonchev–Trinajstić information content (AvgIpc) is 2.57. The number of hydrogen-bond acceptors (Lipinski definition) is 6. The van der Waals surface area contributed by atoms with E-state index < -0.39 is 15.5 Å². The van der Waals surface area contributed by atoms with Gasteiger partial charge in [-0.15, -0.1) is 5.11 Å². The topological polar surface area (TPSA) is 111 Å². The van der Waals surface area contributed by atoms with Gasteiger partial charge in [0.05, 0.1) is 15.9 Å². The van der Waals surface area contributed by atoms with Crippen LogP contribution in [0.5, 0.6) is 0 Å². The molecule has 1 rings (SSSR count). The maximum Gasteiger partial charge on any atom is 0.303 e. The van der Waals surface area contributed by atoms with Gasteiger partial charge in [-0.05, 0) is 37.2 Å². The van der Waals surface area contributed by atoms with Crippen LogP contribution in [0.4, 0.5) is 17.1 Å². The van der Waals surface area contributed by atoms with Crippen LogP contribution < -0.4 is 0 Å². The van der Waals surface area contributed by atoms with Gasteiger partial charge >= 0.3 is 5.69 Å². The van der Waals surface area contributed by atoms with Crippen LogP contribution in [-0.2, 0) is 0 Å². The molecule has 0 aliphatic carbocycles. The molecule has 1 aromatic carbocycles.